The average Bonchev–Trinajstić information content (AvgIpc) is 2.87. The minimum absolute atomic E-state index is 0.0228. The van der Waals surface area contributed by atoms with Crippen LogP contribution in [0.5, 0.6) is 0 Å². The molecule has 0 amide bonds. The number of rotatable bonds is 2. The standard InChI is InChI=1S/C27H27F4N3/c1-15-10-18(14-32)5-7-20-19(11-15)12-16(2)13-22(27(29,30)31)25(20)34-24-9-8-23(28)26-21(24)6-4-17(3)33-26/h4-9,11,16,19,22,25,33-34H,3,10,12-13H2,1-2H3/b15-11?,18-5+,20-7+. The zero-order valence-corrected chi connectivity index (χ0v) is 19.1. The van der Waals surface area contributed by atoms with Gasteiger partial charge in [0.15, 0.2) is 0 Å². The van der Waals surface area contributed by atoms with Gasteiger partial charge in [0.25, 0.3) is 0 Å². The highest BCUT2D eigenvalue weighted by molar-refractivity contribution is 5.83. The molecular formula is C27H27F4N3. The highest BCUT2D eigenvalue weighted by Crippen LogP contribution is 2.46. The molecule has 1 heterocycles. The van der Waals surface area contributed by atoms with Gasteiger partial charge in [-0.25, -0.2) is 4.39 Å². The van der Waals surface area contributed by atoms with Crippen LogP contribution in [-0.2, 0) is 0 Å². The Labute approximate surface area is 197 Å². The molecular weight excluding hydrogens is 442 g/mol. The summed E-state index contributed by atoms with van der Waals surface area (Å²) in [6.45, 7) is 7.54. The van der Waals surface area contributed by atoms with E-state index in [-0.39, 0.29) is 23.9 Å². The highest BCUT2D eigenvalue weighted by atomic mass is 19.4. The molecule has 3 nitrogen and oxygen atoms in total. The molecule has 4 atom stereocenters. The third-order valence-electron chi connectivity index (χ3n) is 6.74. The van der Waals surface area contributed by atoms with E-state index >= 15 is 0 Å². The number of fused-ring (bicyclic) bond motifs is 2. The number of nitrogens with one attached hydrogen (secondary N) is 2. The van der Waals surface area contributed by atoms with Crippen molar-refractivity contribution in [1.82, 2.24) is 0 Å². The van der Waals surface area contributed by atoms with E-state index in [1.54, 1.807) is 24.3 Å². The lowest BCUT2D eigenvalue weighted by Crippen LogP contribution is -2.41. The topological polar surface area (TPSA) is 47.9 Å². The lowest BCUT2D eigenvalue weighted by atomic mass is 9.83. The molecule has 0 bridgehead atoms. The maximum absolute atomic E-state index is 14.5. The SMILES string of the molecule is C=C1C=Cc2c(NC3/C4=C/C=C(/C#N)CC(C)=CC4CC(C)CC3C(F)(F)F)ccc(F)c2N1. The molecule has 3 aliphatic rings. The molecule has 1 aliphatic heterocycles. The number of halogens is 4. The Kier molecular flexibility index (Phi) is 6.44. The zero-order valence-electron chi connectivity index (χ0n) is 19.1. The fraction of sp³-hybridized carbons (Fsp3) is 0.370. The lowest BCUT2D eigenvalue weighted by molar-refractivity contribution is -0.179. The molecule has 1 fully saturated rings. The van der Waals surface area contributed by atoms with Gasteiger partial charge in [0, 0.05) is 34.9 Å². The van der Waals surface area contributed by atoms with E-state index in [0.717, 1.165) is 5.57 Å². The minimum Gasteiger partial charge on any atom is -0.377 e. The third kappa shape index (κ3) is 4.82. The Morgan fingerprint density at radius 1 is 1.18 bits per heavy atom. The normalized spacial score (nSPS) is 29.9. The van der Waals surface area contributed by atoms with Crippen LogP contribution in [0.3, 0.4) is 0 Å². The van der Waals surface area contributed by atoms with E-state index in [4.69, 9.17) is 0 Å². The van der Waals surface area contributed by atoms with E-state index in [1.807, 2.05) is 19.9 Å². The van der Waals surface area contributed by atoms with Gasteiger partial charge >= 0.3 is 6.18 Å². The molecule has 7 heteroatoms. The second kappa shape index (κ2) is 9.17. The van der Waals surface area contributed by atoms with Crippen molar-refractivity contribution in [3.05, 3.63) is 76.8 Å². The molecule has 178 valence electrons. The molecule has 0 spiro atoms. The van der Waals surface area contributed by atoms with Crippen LogP contribution in [-0.4, -0.2) is 12.2 Å². The molecule has 1 aromatic rings. The fourth-order valence-corrected chi connectivity index (χ4v) is 5.20. The predicted molar refractivity (Wildman–Crippen MR) is 127 cm³/mol. The van der Waals surface area contributed by atoms with Gasteiger partial charge in [0.1, 0.15) is 5.82 Å². The van der Waals surface area contributed by atoms with Crippen LogP contribution >= 0.6 is 0 Å². The summed E-state index contributed by atoms with van der Waals surface area (Å²) in [4.78, 5) is 0. The van der Waals surface area contributed by atoms with Gasteiger partial charge in [0.05, 0.1) is 23.7 Å². The molecule has 0 radical (unpaired) electrons. The smallest absolute Gasteiger partial charge is 0.377 e. The van der Waals surface area contributed by atoms with Gasteiger partial charge in [-0.3, -0.25) is 0 Å². The number of hydrogen-bond acceptors (Lipinski definition) is 3. The van der Waals surface area contributed by atoms with Crippen LogP contribution in [0.15, 0.2) is 65.4 Å². The summed E-state index contributed by atoms with van der Waals surface area (Å²) in [6, 6.07) is 3.80. The highest BCUT2D eigenvalue weighted by Gasteiger charge is 2.49. The van der Waals surface area contributed by atoms with E-state index in [0.29, 0.717) is 40.9 Å². The predicted octanol–water partition coefficient (Wildman–Crippen LogP) is 7.51. The maximum Gasteiger partial charge on any atom is 0.394 e. The zero-order chi connectivity index (χ0) is 24.6. The van der Waals surface area contributed by atoms with Crippen LogP contribution < -0.4 is 10.6 Å². The molecule has 2 aliphatic carbocycles. The average molecular weight is 470 g/mol. The van der Waals surface area contributed by atoms with E-state index in [1.165, 1.54) is 12.1 Å². The van der Waals surface area contributed by atoms with Crippen molar-refractivity contribution < 1.29 is 17.6 Å². The summed E-state index contributed by atoms with van der Waals surface area (Å²) in [5.74, 6) is -2.49. The van der Waals surface area contributed by atoms with E-state index in [9.17, 15) is 22.8 Å². The largest absolute Gasteiger partial charge is 0.394 e. The van der Waals surface area contributed by atoms with Crippen molar-refractivity contribution in [2.24, 2.45) is 17.8 Å². The number of alkyl halides is 3. The van der Waals surface area contributed by atoms with Crippen molar-refractivity contribution in [1.29, 1.82) is 5.26 Å². The van der Waals surface area contributed by atoms with Crippen LogP contribution in [0, 0.1) is 34.9 Å². The number of nitrogens with zero attached hydrogens (tertiary/aromatic N) is 1. The molecule has 4 rings (SSSR count). The van der Waals surface area contributed by atoms with Gasteiger partial charge in [-0.1, -0.05) is 31.2 Å². The van der Waals surface area contributed by atoms with Crippen molar-refractivity contribution in [2.75, 3.05) is 10.6 Å². The molecule has 2 N–H and O–H groups in total. The number of anilines is 2. The molecule has 0 saturated heterocycles. The summed E-state index contributed by atoms with van der Waals surface area (Å²) in [5.41, 5.74) is 3.61. The van der Waals surface area contributed by atoms with Gasteiger partial charge in [-0.15, -0.1) is 0 Å². The summed E-state index contributed by atoms with van der Waals surface area (Å²) >= 11 is 0. The van der Waals surface area contributed by atoms with Crippen molar-refractivity contribution in [3.8, 4) is 6.07 Å². The number of benzene rings is 1. The Morgan fingerprint density at radius 2 is 1.94 bits per heavy atom. The third-order valence-corrected chi connectivity index (χ3v) is 6.74. The van der Waals surface area contributed by atoms with Crippen LogP contribution in [0.4, 0.5) is 28.9 Å². The molecule has 1 saturated carbocycles. The maximum atomic E-state index is 14.5. The first-order chi connectivity index (χ1) is 16.1. The second-order valence-electron chi connectivity index (χ2n) is 9.48. The van der Waals surface area contributed by atoms with Gasteiger partial charge < -0.3 is 10.6 Å². The first kappa shape index (κ1) is 23.9. The van der Waals surface area contributed by atoms with Gasteiger partial charge in [-0.2, -0.15) is 18.4 Å². The van der Waals surface area contributed by atoms with E-state index < -0.39 is 24.0 Å². The van der Waals surface area contributed by atoms with Crippen LogP contribution in [0.1, 0.15) is 38.7 Å². The van der Waals surface area contributed by atoms with Gasteiger partial charge in [-0.05, 0) is 61.6 Å². The monoisotopic (exact) mass is 469 g/mol. The Balaban J connectivity index is 1.87. The molecule has 1 aromatic carbocycles. The lowest BCUT2D eigenvalue weighted by Gasteiger charge is -2.34. The minimum atomic E-state index is -4.44. The molecule has 4 unspecified atom stereocenters. The Morgan fingerprint density at radius 3 is 2.65 bits per heavy atom. The van der Waals surface area contributed by atoms with Crippen molar-refractivity contribution >= 4 is 17.5 Å². The van der Waals surface area contributed by atoms with Gasteiger partial charge in [0.2, 0.25) is 0 Å². The summed E-state index contributed by atoms with van der Waals surface area (Å²) in [7, 11) is 0. The second-order valence-corrected chi connectivity index (χ2v) is 9.48. The summed E-state index contributed by atoms with van der Waals surface area (Å²) < 4.78 is 57.7. The van der Waals surface area contributed by atoms with Crippen LogP contribution in [0.25, 0.3) is 6.08 Å². The fourth-order valence-electron chi connectivity index (χ4n) is 5.20. The Bertz CT molecular complexity index is 1160. The molecule has 0 aromatic heterocycles. The van der Waals surface area contributed by atoms with Crippen LogP contribution in [0.2, 0.25) is 0 Å². The van der Waals surface area contributed by atoms with E-state index in [2.05, 4.69) is 23.3 Å². The quantitative estimate of drug-likeness (QED) is 0.348. The molecule has 34 heavy (non-hydrogen) atoms. The van der Waals surface area contributed by atoms with Crippen molar-refractivity contribution in [2.45, 2.75) is 45.3 Å². The number of allylic oxidation sites excluding steroid dienone is 6. The summed E-state index contributed by atoms with van der Waals surface area (Å²) in [5, 5.41) is 15.5. The first-order valence-electron chi connectivity index (χ1n) is 11.3. The number of hydrogen-bond donors (Lipinski definition) is 2. The van der Waals surface area contributed by atoms with Crippen molar-refractivity contribution in [3.63, 3.8) is 0 Å². The Hall–Kier alpha value is -3.27. The number of nitriles is 1. The summed E-state index contributed by atoms with van der Waals surface area (Å²) in [6.07, 6.45) is 5.27. The first-order valence-corrected chi connectivity index (χ1v) is 11.3.